The smallest absolute Gasteiger partial charge is 0.166 e. The van der Waals surface area contributed by atoms with Crippen molar-refractivity contribution in [2.45, 2.75) is 19.3 Å². The Labute approximate surface area is 73.8 Å². The zero-order valence-corrected chi connectivity index (χ0v) is 7.63. The van der Waals surface area contributed by atoms with Gasteiger partial charge in [-0.1, -0.05) is 0 Å². The van der Waals surface area contributed by atoms with Crippen LogP contribution in [0.25, 0.3) is 0 Å². The number of hydrogen-bond donors (Lipinski definition) is 2. The number of terminal acetylenes is 1. The minimum Gasteiger partial charge on any atom is -0.366 e. The van der Waals surface area contributed by atoms with Gasteiger partial charge in [0.05, 0.1) is 0 Å². The van der Waals surface area contributed by atoms with E-state index >= 15 is 0 Å². The van der Waals surface area contributed by atoms with Crippen molar-refractivity contribution in [3.8, 4) is 12.3 Å². The SMILES string of the molecule is C#CCCCCNC(=S)NC. The van der Waals surface area contributed by atoms with Crippen LogP contribution in [0.5, 0.6) is 0 Å². The van der Waals surface area contributed by atoms with Crippen molar-refractivity contribution in [1.82, 2.24) is 10.6 Å². The second kappa shape index (κ2) is 7.36. The van der Waals surface area contributed by atoms with Crippen LogP contribution in [0.15, 0.2) is 0 Å². The van der Waals surface area contributed by atoms with Gasteiger partial charge in [-0.25, -0.2) is 0 Å². The molecular weight excluding hydrogens is 156 g/mol. The Bertz CT molecular complexity index is 149. The van der Waals surface area contributed by atoms with Gasteiger partial charge in [0.15, 0.2) is 5.11 Å². The third kappa shape index (κ3) is 7.14. The zero-order chi connectivity index (χ0) is 8.53. The van der Waals surface area contributed by atoms with Gasteiger partial charge in [-0.05, 0) is 25.1 Å². The number of unbranched alkanes of at least 4 members (excludes halogenated alkanes) is 2. The maximum atomic E-state index is 5.09. The van der Waals surface area contributed by atoms with E-state index in [0.29, 0.717) is 5.11 Å². The highest BCUT2D eigenvalue weighted by molar-refractivity contribution is 7.80. The Kier molecular flexibility index (Phi) is 6.86. The van der Waals surface area contributed by atoms with Gasteiger partial charge in [0, 0.05) is 20.0 Å². The second-order valence-electron chi connectivity index (χ2n) is 2.17. The van der Waals surface area contributed by atoms with Crippen molar-refractivity contribution >= 4 is 17.3 Å². The molecule has 0 aliphatic carbocycles. The molecule has 0 heterocycles. The molecule has 0 bridgehead atoms. The summed E-state index contributed by atoms with van der Waals surface area (Å²) >= 11 is 4.87. The molecule has 2 nitrogen and oxygen atoms in total. The first-order valence-corrected chi connectivity index (χ1v) is 4.11. The lowest BCUT2D eigenvalue weighted by Crippen LogP contribution is -2.32. The van der Waals surface area contributed by atoms with E-state index in [4.69, 9.17) is 18.6 Å². The molecule has 62 valence electrons. The van der Waals surface area contributed by atoms with E-state index < -0.39 is 0 Å². The lowest BCUT2D eigenvalue weighted by Gasteiger charge is -2.04. The highest BCUT2D eigenvalue weighted by Gasteiger charge is 1.89. The Balaban J connectivity index is 3.03. The molecule has 0 aromatic rings. The summed E-state index contributed by atoms with van der Waals surface area (Å²) in [6.07, 6.45) is 8.08. The molecule has 0 amide bonds. The number of hydrogen-bond acceptors (Lipinski definition) is 1. The van der Waals surface area contributed by atoms with Crippen LogP contribution >= 0.6 is 12.2 Å². The highest BCUT2D eigenvalue weighted by Crippen LogP contribution is 1.90. The monoisotopic (exact) mass is 170 g/mol. The predicted octanol–water partition coefficient (Wildman–Crippen LogP) is 0.884. The van der Waals surface area contributed by atoms with Crippen LogP contribution in [0.1, 0.15) is 19.3 Å². The van der Waals surface area contributed by atoms with E-state index in [-0.39, 0.29) is 0 Å². The van der Waals surface area contributed by atoms with Gasteiger partial charge in [0.25, 0.3) is 0 Å². The third-order valence-corrected chi connectivity index (χ3v) is 1.61. The summed E-state index contributed by atoms with van der Waals surface area (Å²) < 4.78 is 0. The average molecular weight is 170 g/mol. The van der Waals surface area contributed by atoms with Gasteiger partial charge >= 0.3 is 0 Å². The van der Waals surface area contributed by atoms with E-state index in [0.717, 1.165) is 25.8 Å². The Morgan fingerprint density at radius 2 is 2.27 bits per heavy atom. The van der Waals surface area contributed by atoms with Gasteiger partial charge in [0.2, 0.25) is 0 Å². The molecule has 11 heavy (non-hydrogen) atoms. The highest BCUT2D eigenvalue weighted by atomic mass is 32.1. The summed E-state index contributed by atoms with van der Waals surface area (Å²) in [5, 5.41) is 6.58. The van der Waals surface area contributed by atoms with E-state index in [1.807, 2.05) is 0 Å². The van der Waals surface area contributed by atoms with Crippen LogP contribution in [0.3, 0.4) is 0 Å². The van der Waals surface area contributed by atoms with Gasteiger partial charge < -0.3 is 10.6 Å². The van der Waals surface area contributed by atoms with E-state index in [2.05, 4.69) is 16.6 Å². The van der Waals surface area contributed by atoms with E-state index in [9.17, 15) is 0 Å². The fourth-order valence-electron chi connectivity index (χ4n) is 0.642. The second-order valence-corrected chi connectivity index (χ2v) is 2.58. The molecule has 0 rings (SSSR count). The standard InChI is InChI=1S/C8H14N2S/c1-3-4-5-6-7-10-8(11)9-2/h1H,4-7H2,2H3,(H2,9,10,11). The summed E-state index contributed by atoms with van der Waals surface area (Å²) in [6, 6.07) is 0. The van der Waals surface area contributed by atoms with Crippen molar-refractivity contribution in [3.05, 3.63) is 0 Å². The molecule has 0 unspecified atom stereocenters. The minimum atomic E-state index is 0.700. The topological polar surface area (TPSA) is 24.1 Å². The maximum Gasteiger partial charge on any atom is 0.166 e. The lowest BCUT2D eigenvalue weighted by molar-refractivity contribution is 0.722. The van der Waals surface area contributed by atoms with Crippen LogP contribution < -0.4 is 10.6 Å². The zero-order valence-electron chi connectivity index (χ0n) is 6.81. The Morgan fingerprint density at radius 1 is 1.55 bits per heavy atom. The fraction of sp³-hybridized carbons (Fsp3) is 0.625. The first kappa shape index (κ1) is 10.2. The van der Waals surface area contributed by atoms with Crippen LogP contribution in [0.4, 0.5) is 0 Å². The van der Waals surface area contributed by atoms with Crippen molar-refractivity contribution in [3.63, 3.8) is 0 Å². The van der Waals surface area contributed by atoms with Crippen molar-refractivity contribution in [1.29, 1.82) is 0 Å². The van der Waals surface area contributed by atoms with Gasteiger partial charge in [-0.3, -0.25) is 0 Å². The van der Waals surface area contributed by atoms with Crippen molar-refractivity contribution < 1.29 is 0 Å². The molecule has 0 saturated heterocycles. The molecule has 0 aliphatic heterocycles. The molecule has 0 aliphatic rings. The molecule has 2 N–H and O–H groups in total. The summed E-state index contributed by atoms with van der Waals surface area (Å²) in [4.78, 5) is 0. The maximum absolute atomic E-state index is 5.09. The van der Waals surface area contributed by atoms with E-state index in [1.165, 1.54) is 0 Å². The Hall–Kier alpha value is -0.750. The summed E-state index contributed by atoms with van der Waals surface area (Å²) in [7, 11) is 1.80. The number of nitrogens with one attached hydrogen (secondary N) is 2. The molecule has 3 heteroatoms. The van der Waals surface area contributed by atoms with Gasteiger partial charge in [-0.15, -0.1) is 12.3 Å². The fourth-order valence-corrected chi connectivity index (χ4v) is 0.744. The van der Waals surface area contributed by atoms with Crippen LogP contribution in [0.2, 0.25) is 0 Å². The van der Waals surface area contributed by atoms with Crippen molar-refractivity contribution in [2.24, 2.45) is 0 Å². The lowest BCUT2D eigenvalue weighted by atomic mass is 10.2. The number of rotatable bonds is 4. The molecular formula is C8H14N2S. The summed E-state index contributed by atoms with van der Waals surface area (Å²) in [5.41, 5.74) is 0. The third-order valence-electron chi connectivity index (χ3n) is 1.26. The molecule has 0 spiro atoms. The minimum absolute atomic E-state index is 0.700. The Morgan fingerprint density at radius 3 is 2.82 bits per heavy atom. The van der Waals surface area contributed by atoms with Crippen LogP contribution in [-0.2, 0) is 0 Å². The quantitative estimate of drug-likeness (QED) is 0.372. The normalized spacial score (nSPS) is 8.36. The number of thiocarbonyl (C=S) groups is 1. The molecule has 0 saturated carbocycles. The van der Waals surface area contributed by atoms with Gasteiger partial charge in [0.1, 0.15) is 0 Å². The van der Waals surface area contributed by atoms with Crippen LogP contribution in [-0.4, -0.2) is 18.7 Å². The van der Waals surface area contributed by atoms with E-state index in [1.54, 1.807) is 7.05 Å². The molecule has 0 radical (unpaired) electrons. The predicted molar refractivity (Wildman–Crippen MR) is 52.3 cm³/mol. The average Bonchev–Trinajstić information content (AvgIpc) is 2.04. The van der Waals surface area contributed by atoms with Crippen LogP contribution in [0, 0.1) is 12.3 Å². The molecule has 0 aromatic carbocycles. The largest absolute Gasteiger partial charge is 0.366 e. The summed E-state index contributed by atoms with van der Waals surface area (Å²) in [5.74, 6) is 2.59. The molecule has 0 aromatic heterocycles. The molecule has 0 fully saturated rings. The first-order chi connectivity index (χ1) is 5.31. The van der Waals surface area contributed by atoms with Crippen molar-refractivity contribution in [2.75, 3.05) is 13.6 Å². The molecule has 0 atom stereocenters. The first-order valence-electron chi connectivity index (χ1n) is 3.70. The van der Waals surface area contributed by atoms with Gasteiger partial charge in [-0.2, -0.15) is 0 Å². The summed E-state index contributed by atoms with van der Waals surface area (Å²) in [6.45, 7) is 0.904.